The summed E-state index contributed by atoms with van der Waals surface area (Å²) >= 11 is 0. The Morgan fingerprint density at radius 2 is 2.06 bits per heavy atom. The number of carbonyl (C=O) groups excluding carboxylic acids is 2. The number of aryl methyl sites for hydroxylation is 1. The zero-order chi connectivity index (χ0) is 12.1. The van der Waals surface area contributed by atoms with Gasteiger partial charge in [-0.05, 0) is 30.7 Å². The summed E-state index contributed by atoms with van der Waals surface area (Å²) in [4.78, 5) is 22.0. The summed E-state index contributed by atoms with van der Waals surface area (Å²) in [5, 5.41) is 14.2. The van der Waals surface area contributed by atoms with E-state index in [1.165, 1.54) is 13.0 Å². The summed E-state index contributed by atoms with van der Waals surface area (Å²) in [7, 11) is 0. The monoisotopic (exact) mass is 222 g/mol. The first-order valence-corrected chi connectivity index (χ1v) is 4.83. The fraction of sp³-hybridized carbons (Fsp3) is 0.273. The number of phenolic OH excluding ortho intramolecular Hbond substituents is 1. The van der Waals surface area contributed by atoms with Crippen molar-refractivity contribution in [1.29, 1.82) is 0 Å². The van der Waals surface area contributed by atoms with Crippen LogP contribution >= 0.6 is 0 Å². The molecule has 0 aliphatic heterocycles. The molecule has 5 nitrogen and oxygen atoms in total. The first kappa shape index (κ1) is 12.0. The lowest BCUT2D eigenvalue weighted by Crippen LogP contribution is -2.31. The Morgan fingerprint density at radius 3 is 2.62 bits per heavy atom. The zero-order valence-electron chi connectivity index (χ0n) is 9.20. The van der Waals surface area contributed by atoms with E-state index < -0.39 is 0 Å². The number of nitrogens with one attached hydrogen (secondary N) is 2. The van der Waals surface area contributed by atoms with Crippen molar-refractivity contribution in [1.82, 2.24) is 5.32 Å². The van der Waals surface area contributed by atoms with Crippen LogP contribution in [0.1, 0.15) is 12.5 Å². The van der Waals surface area contributed by atoms with Crippen LogP contribution < -0.4 is 10.6 Å². The molecule has 0 radical (unpaired) electrons. The van der Waals surface area contributed by atoms with Crippen LogP contribution in [0.25, 0.3) is 0 Å². The summed E-state index contributed by atoms with van der Waals surface area (Å²) in [6, 6.07) is 4.64. The smallest absolute Gasteiger partial charge is 0.243 e. The van der Waals surface area contributed by atoms with Gasteiger partial charge >= 0.3 is 0 Å². The maximum Gasteiger partial charge on any atom is 0.243 e. The third-order valence-electron chi connectivity index (χ3n) is 1.98. The standard InChI is InChI=1S/C11H14N2O3/c1-7-5-9(15)3-4-10(7)13-11(16)6-12-8(2)14/h3-5,15H,6H2,1-2H3,(H,12,14)(H,13,16). The normalized spacial score (nSPS) is 9.62. The molecule has 1 aromatic carbocycles. The van der Waals surface area contributed by atoms with Gasteiger partial charge in [0, 0.05) is 12.6 Å². The highest BCUT2D eigenvalue weighted by Crippen LogP contribution is 2.19. The summed E-state index contributed by atoms with van der Waals surface area (Å²) in [6.45, 7) is 3.06. The fourth-order valence-corrected chi connectivity index (χ4v) is 1.19. The van der Waals surface area contributed by atoms with Crippen molar-refractivity contribution in [2.24, 2.45) is 0 Å². The Hall–Kier alpha value is -2.04. The van der Waals surface area contributed by atoms with Gasteiger partial charge in [0.15, 0.2) is 0 Å². The highest BCUT2D eigenvalue weighted by molar-refractivity contribution is 5.94. The first-order valence-electron chi connectivity index (χ1n) is 4.83. The van der Waals surface area contributed by atoms with E-state index in [1.807, 2.05) is 0 Å². The Labute approximate surface area is 93.5 Å². The predicted octanol–water partition coefficient (Wildman–Crippen LogP) is 0.775. The van der Waals surface area contributed by atoms with Crippen LogP contribution in [0.4, 0.5) is 5.69 Å². The van der Waals surface area contributed by atoms with Gasteiger partial charge in [-0.25, -0.2) is 0 Å². The van der Waals surface area contributed by atoms with Gasteiger partial charge in [0.2, 0.25) is 11.8 Å². The molecule has 0 bridgehead atoms. The molecule has 0 saturated carbocycles. The molecular formula is C11H14N2O3. The first-order chi connectivity index (χ1) is 7.49. The second-order valence-corrected chi connectivity index (χ2v) is 3.46. The summed E-state index contributed by atoms with van der Waals surface area (Å²) in [5.74, 6) is -0.404. The number of hydrogen-bond donors (Lipinski definition) is 3. The van der Waals surface area contributed by atoms with E-state index in [0.717, 1.165) is 5.56 Å². The molecule has 0 aromatic heterocycles. The lowest BCUT2D eigenvalue weighted by Gasteiger charge is -2.08. The van der Waals surface area contributed by atoms with Crippen molar-refractivity contribution in [3.63, 3.8) is 0 Å². The Morgan fingerprint density at radius 1 is 1.38 bits per heavy atom. The Kier molecular flexibility index (Phi) is 3.88. The minimum atomic E-state index is -0.302. The number of carbonyl (C=O) groups is 2. The molecule has 2 amide bonds. The number of benzene rings is 1. The third kappa shape index (κ3) is 3.61. The van der Waals surface area contributed by atoms with E-state index in [0.29, 0.717) is 5.69 Å². The highest BCUT2D eigenvalue weighted by atomic mass is 16.3. The maximum absolute atomic E-state index is 11.4. The van der Waals surface area contributed by atoms with Crippen LogP contribution in [0.15, 0.2) is 18.2 Å². The van der Waals surface area contributed by atoms with E-state index >= 15 is 0 Å². The van der Waals surface area contributed by atoms with Crippen LogP contribution in [0.3, 0.4) is 0 Å². The molecule has 86 valence electrons. The molecule has 0 unspecified atom stereocenters. The Bertz CT molecular complexity index is 416. The number of aromatic hydroxyl groups is 1. The van der Waals surface area contributed by atoms with Crippen molar-refractivity contribution in [2.75, 3.05) is 11.9 Å². The minimum absolute atomic E-state index is 0.0599. The molecular weight excluding hydrogens is 208 g/mol. The Balaban J connectivity index is 2.59. The summed E-state index contributed by atoms with van der Waals surface area (Å²) in [5.41, 5.74) is 1.38. The van der Waals surface area contributed by atoms with Gasteiger partial charge in [-0.2, -0.15) is 0 Å². The average Bonchev–Trinajstić information content (AvgIpc) is 2.19. The van der Waals surface area contributed by atoms with E-state index in [1.54, 1.807) is 19.1 Å². The maximum atomic E-state index is 11.4. The van der Waals surface area contributed by atoms with Crippen LogP contribution in [0.5, 0.6) is 5.75 Å². The molecule has 3 N–H and O–H groups in total. The van der Waals surface area contributed by atoms with Gasteiger partial charge in [-0.1, -0.05) is 0 Å². The van der Waals surface area contributed by atoms with Crippen LogP contribution in [-0.2, 0) is 9.59 Å². The van der Waals surface area contributed by atoms with E-state index in [-0.39, 0.29) is 24.1 Å². The van der Waals surface area contributed by atoms with Crippen LogP contribution in [0, 0.1) is 6.92 Å². The van der Waals surface area contributed by atoms with Gasteiger partial charge in [-0.15, -0.1) is 0 Å². The minimum Gasteiger partial charge on any atom is -0.508 e. The van der Waals surface area contributed by atoms with E-state index in [2.05, 4.69) is 10.6 Å². The van der Waals surface area contributed by atoms with Crippen molar-refractivity contribution in [2.45, 2.75) is 13.8 Å². The van der Waals surface area contributed by atoms with Crippen molar-refractivity contribution >= 4 is 17.5 Å². The molecule has 0 saturated heterocycles. The zero-order valence-corrected chi connectivity index (χ0v) is 9.20. The molecule has 16 heavy (non-hydrogen) atoms. The summed E-state index contributed by atoms with van der Waals surface area (Å²) < 4.78 is 0. The van der Waals surface area contributed by atoms with Crippen LogP contribution in [0.2, 0.25) is 0 Å². The fourth-order valence-electron chi connectivity index (χ4n) is 1.19. The summed E-state index contributed by atoms with van der Waals surface area (Å²) in [6.07, 6.45) is 0. The van der Waals surface area contributed by atoms with Crippen LogP contribution in [-0.4, -0.2) is 23.5 Å². The highest BCUT2D eigenvalue weighted by Gasteiger charge is 2.05. The lowest BCUT2D eigenvalue weighted by molar-refractivity contribution is -0.122. The van der Waals surface area contributed by atoms with E-state index in [9.17, 15) is 14.7 Å². The molecule has 1 rings (SSSR count). The number of hydrogen-bond acceptors (Lipinski definition) is 3. The molecule has 0 atom stereocenters. The van der Waals surface area contributed by atoms with Gasteiger partial charge in [-0.3, -0.25) is 9.59 Å². The lowest BCUT2D eigenvalue weighted by atomic mass is 10.2. The van der Waals surface area contributed by atoms with E-state index in [4.69, 9.17) is 0 Å². The van der Waals surface area contributed by atoms with Crippen molar-refractivity contribution < 1.29 is 14.7 Å². The molecule has 0 heterocycles. The number of amides is 2. The second-order valence-electron chi connectivity index (χ2n) is 3.46. The van der Waals surface area contributed by atoms with Gasteiger partial charge < -0.3 is 15.7 Å². The van der Waals surface area contributed by atoms with Gasteiger partial charge in [0.25, 0.3) is 0 Å². The molecule has 1 aromatic rings. The predicted molar refractivity (Wildman–Crippen MR) is 60.2 cm³/mol. The molecule has 0 fully saturated rings. The number of anilines is 1. The third-order valence-corrected chi connectivity index (χ3v) is 1.98. The number of phenols is 1. The average molecular weight is 222 g/mol. The second kappa shape index (κ2) is 5.16. The van der Waals surface area contributed by atoms with Crippen molar-refractivity contribution in [3.05, 3.63) is 23.8 Å². The molecule has 0 spiro atoms. The quantitative estimate of drug-likeness (QED) is 0.661. The topological polar surface area (TPSA) is 78.4 Å². The SMILES string of the molecule is CC(=O)NCC(=O)Nc1ccc(O)cc1C. The molecule has 0 aliphatic rings. The number of rotatable bonds is 3. The molecule has 5 heteroatoms. The van der Waals surface area contributed by atoms with Gasteiger partial charge in [0.05, 0.1) is 6.54 Å². The van der Waals surface area contributed by atoms with Crippen molar-refractivity contribution in [3.8, 4) is 5.75 Å². The molecule has 0 aliphatic carbocycles. The van der Waals surface area contributed by atoms with Gasteiger partial charge in [0.1, 0.15) is 5.75 Å². The largest absolute Gasteiger partial charge is 0.508 e.